The lowest BCUT2D eigenvalue weighted by atomic mass is 9.84. The van der Waals surface area contributed by atoms with Crippen molar-refractivity contribution >= 4 is 27.5 Å². The minimum atomic E-state index is -0.462. The topological polar surface area (TPSA) is 38.3 Å². The van der Waals surface area contributed by atoms with E-state index in [0.29, 0.717) is 18.4 Å². The number of para-hydroxylation sites is 1. The van der Waals surface area contributed by atoms with E-state index in [1.165, 1.54) is 0 Å². The molecule has 0 saturated carbocycles. The fourth-order valence-corrected chi connectivity index (χ4v) is 5.16. The molecule has 4 rings (SSSR count). The molecule has 3 aromatic carbocycles. The normalized spacial score (nSPS) is 15.0. The Kier molecular flexibility index (Phi) is 6.67. The fourth-order valence-electron chi connectivity index (χ4n) is 4.84. The maximum Gasteiger partial charge on any atom is 0.236 e. The van der Waals surface area contributed by atoms with Crippen LogP contribution < -0.4 is 10.1 Å². The van der Waals surface area contributed by atoms with Crippen LogP contribution in [0.1, 0.15) is 84.4 Å². The number of hydrogen-bond donors (Lipinski definition) is 1. The van der Waals surface area contributed by atoms with Crippen molar-refractivity contribution in [2.24, 2.45) is 0 Å². The number of hydrogen-bond acceptors (Lipinski definition) is 2. The molecule has 1 unspecified atom stereocenters. The second-order valence-electron chi connectivity index (χ2n) is 9.57. The van der Waals surface area contributed by atoms with Gasteiger partial charge in [0.15, 0.2) is 0 Å². The maximum absolute atomic E-state index is 14.2. The first-order valence-corrected chi connectivity index (χ1v) is 12.4. The number of ether oxygens (including phenoxy) is 1. The van der Waals surface area contributed by atoms with Crippen LogP contribution >= 0.6 is 15.9 Å². The summed E-state index contributed by atoms with van der Waals surface area (Å²) in [6.45, 7) is 13.3. The Morgan fingerprint density at radius 3 is 2.27 bits per heavy atom. The van der Waals surface area contributed by atoms with Gasteiger partial charge in [0.2, 0.25) is 5.91 Å². The number of aryl methyl sites for hydroxylation is 1. The van der Waals surface area contributed by atoms with Gasteiger partial charge < -0.3 is 10.1 Å². The van der Waals surface area contributed by atoms with Crippen molar-refractivity contribution in [3.05, 3.63) is 91.9 Å². The molecule has 0 aromatic heterocycles. The molecule has 1 aliphatic heterocycles. The lowest BCUT2D eigenvalue weighted by Crippen LogP contribution is -2.25. The Labute approximate surface area is 205 Å². The second kappa shape index (κ2) is 9.34. The first-order valence-electron chi connectivity index (χ1n) is 11.6. The second-order valence-corrected chi connectivity index (χ2v) is 10.4. The Morgan fingerprint density at radius 1 is 1.00 bits per heavy atom. The van der Waals surface area contributed by atoms with Crippen LogP contribution in [0.3, 0.4) is 0 Å². The van der Waals surface area contributed by atoms with Crippen LogP contribution in [0, 0.1) is 13.8 Å². The van der Waals surface area contributed by atoms with E-state index in [4.69, 9.17) is 4.74 Å². The summed E-state index contributed by atoms with van der Waals surface area (Å²) in [5.41, 5.74) is 8.39. The van der Waals surface area contributed by atoms with Gasteiger partial charge in [-0.3, -0.25) is 4.79 Å². The number of carbonyl (C=O) groups excluding carboxylic acids is 1. The molecule has 1 aliphatic rings. The van der Waals surface area contributed by atoms with Gasteiger partial charge >= 0.3 is 0 Å². The highest BCUT2D eigenvalue weighted by Crippen LogP contribution is 2.44. The first kappa shape index (κ1) is 23.6. The molecule has 0 radical (unpaired) electrons. The third-order valence-electron chi connectivity index (χ3n) is 6.61. The van der Waals surface area contributed by atoms with Crippen LogP contribution in [0.15, 0.2) is 53.0 Å². The molecule has 3 aromatic rings. The quantitative estimate of drug-likeness (QED) is 0.390. The zero-order valence-corrected chi connectivity index (χ0v) is 21.8. The van der Waals surface area contributed by atoms with Gasteiger partial charge in [-0.25, -0.2) is 0 Å². The van der Waals surface area contributed by atoms with Gasteiger partial charge in [-0.1, -0.05) is 86.1 Å². The summed E-state index contributed by atoms with van der Waals surface area (Å²) in [6.07, 6.45) is 0. The molecule has 0 spiro atoms. The third-order valence-corrected chi connectivity index (χ3v) is 7.83. The third kappa shape index (κ3) is 4.33. The molecular weight excluding hydrogens is 474 g/mol. The predicted octanol–water partition coefficient (Wildman–Crippen LogP) is 7.98. The van der Waals surface area contributed by atoms with Gasteiger partial charge in [-0.05, 0) is 65.1 Å². The number of rotatable bonds is 4. The van der Waals surface area contributed by atoms with Crippen LogP contribution in [-0.4, -0.2) is 5.91 Å². The van der Waals surface area contributed by atoms with Gasteiger partial charge in [0.25, 0.3) is 0 Å². The Morgan fingerprint density at radius 2 is 1.64 bits per heavy atom. The molecule has 0 fully saturated rings. The number of benzene rings is 3. The molecular formula is C29H32BrNO2. The standard InChI is InChI=1S/C29H32BrNO2/c1-16(2)21-12-9-13-22(17(3)4)28(21)31-29(32)26-23-11-8-7-10-20(23)15-33-24-14-18(5)27(30)19(6)25(24)26/h7-14,16-17,26H,15H2,1-6H3,(H,31,32). The molecule has 0 saturated heterocycles. The lowest BCUT2D eigenvalue weighted by molar-refractivity contribution is -0.116. The first-order chi connectivity index (χ1) is 15.7. The molecule has 172 valence electrons. The minimum Gasteiger partial charge on any atom is -0.489 e. The molecule has 0 aliphatic carbocycles. The van der Waals surface area contributed by atoms with Crippen molar-refractivity contribution in [1.82, 2.24) is 0 Å². The van der Waals surface area contributed by atoms with Gasteiger partial charge in [0.1, 0.15) is 12.4 Å². The summed E-state index contributed by atoms with van der Waals surface area (Å²) >= 11 is 3.74. The van der Waals surface area contributed by atoms with Crippen LogP contribution in [-0.2, 0) is 11.4 Å². The average molecular weight is 506 g/mol. The van der Waals surface area contributed by atoms with E-state index in [2.05, 4.69) is 93.1 Å². The highest BCUT2D eigenvalue weighted by molar-refractivity contribution is 9.10. The van der Waals surface area contributed by atoms with Gasteiger partial charge in [0, 0.05) is 15.7 Å². The van der Waals surface area contributed by atoms with E-state index in [0.717, 1.165) is 54.9 Å². The summed E-state index contributed by atoms with van der Waals surface area (Å²) in [7, 11) is 0. The number of fused-ring (bicyclic) bond motifs is 2. The van der Waals surface area contributed by atoms with Crippen molar-refractivity contribution < 1.29 is 9.53 Å². The smallest absolute Gasteiger partial charge is 0.236 e. The van der Waals surface area contributed by atoms with Crippen LogP contribution in [0.2, 0.25) is 0 Å². The van der Waals surface area contributed by atoms with Crippen LogP contribution in [0.25, 0.3) is 0 Å². The Hall–Kier alpha value is -2.59. The summed E-state index contributed by atoms with van der Waals surface area (Å²) in [6, 6.07) is 16.5. The monoisotopic (exact) mass is 505 g/mol. The van der Waals surface area contributed by atoms with E-state index in [1.54, 1.807) is 0 Å². The molecule has 1 N–H and O–H groups in total. The molecule has 3 nitrogen and oxygen atoms in total. The molecule has 33 heavy (non-hydrogen) atoms. The Balaban J connectivity index is 1.90. The van der Waals surface area contributed by atoms with Crippen molar-refractivity contribution in [1.29, 1.82) is 0 Å². The highest BCUT2D eigenvalue weighted by atomic mass is 79.9. The van der Waals surface area contributed by atoms with Crippen molar-refractivity contribution in [2.75, 3.05) is 5.32 Å². The number of carbonyl (C=O) groups is 1. The summed E-state index contributed by atoms with van der Waals surface area (Å²) in [5.74, 6) is 0.897. The summed E-state index contributed by atoms with van der Waals surface area (Å²) in [4.78, 5) is 14.2. The molecule has 0 bridgehead atoms. The van der Waals surface area contributed by atoms with Crippen molar-refractivity contribution in [3.8, 4) is 5.75 Å². The zero-order chi connectivity index (χ0) is 23.9. The van der Waals surface area contributed by atoms with Crippen LogP contribution in [0.4, 0.5) is 5.69 Å². The van der Waals surface area contributed by atoms with E-state index >= 15 is 0 Å². The van der Waals surface area contributed by atoms with Crippen molar-refractivity contribution in [3.63, 3.8) is 0 Å². The molecule has 1 amide bonds. The molecule has 4 heteroatoms. The van der Waals surface area contributed by atoms with E-state index in [1.807, 2.05) is 18.2 Å². The van der Waals surface area contributed by atoms with E-state index in [9.17, 15) is 4.79 Å². The predicted molar refractivity (Wildman–Crippen MR) is 139 cm³/mol. The zero-order valence-electron chi connectivity index (χ0n) is 20.3. The molecule has 1 heterocycles. The Bertz CT molecular complexity index is 1190. The largest absolute Gasteiger partial charge is 0.489 e. The highest BCUT2D eigenvalue weighted by Gasteiger charge is 2.34. The van der Waals surface area contributed by atoms with Gasteiger partial charge in [0.05, 0.1) is 5.92 Å². The summed E-state index contributed by atoms with van der Waals surface area (Å²) < 4.78 is 7.27. The maximum atomic E-state index is 14.2. The lowest BCUT2D eigenvalue weighted by Gasteiger charge is -2.25. The average Bonchev–Trinajstić information content (AvgIpc) is 2.94. The van der Waals surface area contributed by atoms with E-state index in [-0.39, 0.29) is 5.91 Å². The van der Waals surface area contributed by atoms with Gasteiger partial charge in [-0.2, -0.15) is 0 Å². The number of amides is 1. The SMILES string of the molecule is Cc1cc2c(c(C)c1Br)C(C(=O)Nc1c(C(C)C)cccc1C(C)C)c1ccccc1CO2. The van der Waals surface area contributed by atoms with Gasteiger partial charge in [-0.15, -0.1) is 0 Å². The van der Waals surface area contributed by atoms with E-state index < -0.39 is 5.92 Å². The number of nitrogens with one attached hydrogen (secondary N) is 1. The molecule has 1 atom stereocenters. The minimum absolute atomic E-state index is 0.0250. The van der Waals surface area contributed by atoms with Crippen molar-refractivity contribution in [2.45, 2.75) is 65.9 Å². The van der Waals surface area contributed by atoms with Crippen LogP contribution in [0.5, 0.6) is 5.75 Å². The number of halogens is 1. The number of anilines is 1. The summed E-state index contributed by atoms with van der Waals surface area (Å²) in [5, 5.41) is 3.37. The fraction of sp³-hybridized carbons (Fsp3) is 0.345.